The van der Waals surface area contributed by atoms with Crippen LogP contribution < -0.4 is 14.4 Å². The maximum Gasteiger partial charge on any atom is 0.296 e. The van der Waals surface area contributed by atoms with Gasteiger partial charge in [0.25, 0.3) is 5.69 Å². The van der Waals surface area contributed by atoms with Gasteiger partial charge < -0.3 is 19.5 Å². The van der Waals surface area contributed by atoms with Gasteiger partial charge in [-0.25, -0.2) is 0 Å². The molecule has 0 unspecified atom stereocenters. The topological polar surface area (TPSA) is 85.1 Å². The van der Waals surface area contributed by atoms with Crippen molar-refractivity contribution < 1.29 is 19.5 Å². The van der Waals surface area contributed by atoms with Crippen molar-refractivity contribution in [3.63, 3.8) is 0 Å². The van der Waals surface area contributed by atoms with Gasteiger partial charge in [-0.2, -0.15) is 0 Å². The van der Waals surface area contributed by atoms with E-state index in [1.165, 1.54) is 20.3 Å². The number of piperidine rings is 1. The zero-order valence-corrected chi connectivity index (χ0v) is 12.5. The van der Waals surface area contributed by atoms with Gasteiger partial charge in [-0.1, -0.05) is 0 Å². The van der Waals surface area contributed by atoms with Crippen LogP contribution in [0.25, 0.3) is 0 Å². The number of benzene rings is 1. The Kier molecular flexibility index (Phi) is 4.22. The molecule has 0 spiro atoms. The lowest BCUT2D eigenvalue weighted by Gasteiger charge is -2.36. The largest absolute Gasteiger partial charge is 0.493 e. The zero-order valence-electron chi connectivity index (χ0n) is 12.5. The minimum atomic E-state index is -0.707. The number of anilines is 1. The van der Waals surface area contributed by atoms with Gasteiger partial charge in [0.15, 0.2) is 11.5 Å². The van der Waals surface area contributed by atoms with Gasteiger partial charge in [-0.05, 0) is 19.8 Å². The molecule has 0 atom stereocenters. The molecule has 1 aliphatic rings. The second kappa shape index (κ2) is 5.77. The first-order valence-corrected chi connectivity index (χ1v) is 6.75. The van der Waals surface area contributed by atoms with Crippen molar-refractivity contribution in [1.29, 1.82) is 0 Å². The second-order valence-electron chi connectivity index (χ2n) is 5.44. The number of nitro groups is 1. The molecule has 0 aliphatic carbocycles. The van der Waals surface area contributed by atoms with Crippen LogP contribution in [0.5, 0.6) is 11.5 Å². The van der Waals surface area contributed by atoms with E-state index in [0.717, 1.165) is 0 Å². The Hall–Kier alpha value is -2.02. The van der Waals surface area contributed by atoms with Crippen LogP contribution in [0.2, 0.25) is 0 Å². The summed E-state index contributed by atoms with van der Waals surface area (Å²) in [5.41, 5.74) is -0.232. The Morgan fingerprint density at radius 2 is 1.76 bits per heavy atom. The van der Waals surface area contributed by atoms with E-state index in [1.807, 2.05) is 4.90 Å². The molecule has 0 aromatic heterocycles. The molecule has 1 heterocycles. The first kappa shape index (κ1) is 15.4. The molecule has 7 nitrogen and oxygen atoms in total. The van der Waals surface area contributed by atoms with Crippen LogP contribution >= 0.6 is 0 Å². The predicted octanol–water partition coefficient (Wildman–Crippen LogP) is 1.96. The van der Waals surface area contributed by atoms with Crippen LogP contribution in [0.15, 0.2) is 12.1 Å². The van der Waals surface area contributed by atoms with Gasteiger partial charge in [0.2, 0.25) is 0 Å². The van der Waals surface area contributed by atoms with E-state index >= 15 is 0 Å². The highest BCUT2D eigenvalue weighted by molar-refractivity contribution is 5.70. The average molecular weight is 296 g/mol. The van der Waals surface area contributed by atoms with E-state index in [0.29, 0.717) is 43.1 Å². The van der Waals surface area contributed by atoms with E-state index < -0.39 is 10.5 Å². The molecule has 1 aliphatic heterocycles. The third kappa shape index (κ3) is 3.18. The fourth-order valence-corrected chi connectivity index (χ4v) is 2.49. The number of hydrogen-bond acceptors (Lipinski definition) is 6. The van der Waals surface area contributed by atoms with E-state index in [-0.39, 0.29) is 5.69 Å². The summed E-state index contributed by atoms with van der Waals surface area (Å²) in [4.78, 5) is 12.8. The van der Waals surface area contributed by atoms with Gasteiger partial charge in [-0.3, -0.25) is 10.1 Å². The summed E-state index contributed by atoms with van der Waals surface area (Å²) in [7, 11) is 2.94. The maximum absolute atomic E-state index is 11.3. The lowest BCUT2D eigenvalue weighted by Crippen LogP contribution is -2.42. The van der Waals surface area contributed by atoms with Crippen LogP contribution in [-0.2, 0) is 0 Å². The number of aliphatic hydroxyl groups is 1. The number of nitrogens with zero attached hydrogens (tertiary/aromatic N) is 2. The summed E-state index contributed by atoms with van der Waals surface area (Å²) in [5.74, 6) is 0.785. The first-order chi connectivity index (χ1) is 9.88. The summed E-state index contributed by atoms with van der Waals surface area (Å²) in [5, 5.41) is 21.3. The fourth-order valence-electron chi connectivity index (χ4n) is 2.49. The Morgan fingerprint density at radius 3 is 2.24 bits per heavy atom. The monoisotopic (exact) mass is 296 g/mol. The average Bonchev–Trinajstić information content (AvgIpc) is 2.45. The lowest BCUT2D eigenvalue weighted by molar-refractivity contribution is -0.384. The van der Waals surface area contributed by atoms with Crippen molar-refractivity contribution in [1.82, 2.24) is 0 Å². The summed E-state index contributed by atoms with van der Waals surface area (Å²) < 4.78 is 10.3. The van der Waals surface area contributed by atoms with Crippen molar-refractivity contribution in [3.8, 4) is 11.5 Å². The van der Waals surface area contributed by atoms with Gasteiger partial charge >= 0.3 is 0 Å². The number of rotatable bonds is 4. The second-order valence-corrected chi connectivity index (χ2v) is 5.44. The summed E-state index contributed by atoms with van der Waals surface area (Å²) >= 11 is 0. The van der Waals surface area contributed by atoms with Gasteiger partial charge in [0, 0.05) is 19.2 Å². The van der Waals surface area contributed by atoms with E-state index in [1.54, 1.807) is 13.0 Å². The highest BCUT2D eigenvalue weighted by Gasteiger charge is 2.31. The normalized spacial score (nSPS) is 17.4. The van der Waals surface area contributed by atoms with Crippen LogP contribution in [-0.4, -0.2) is 42.9 Å². The first-order valence-electron chi connectivity index (χ1n) is 6.75. The number of methoxy groups -OCH3 is 2. The highest BCUT2D eigenvalue weighted by Crippen LogP contribution is 2.40. The van der Waals surface area contributed by atoms with E-state index in [2.05, 4.69) is 0 Å². The molecule has 0 bridgehead atoms. The standard InChI is InChI=1S/C14H20N2O5/c1-14(17)4-6-15(7-5-14)10-8-12(20-2)13(21-3)9-11(10)16(18)19/h8-9,17H,4-7H2,1-3H3. The molecule has 1 fully saturated rings. The molecule has 1 N–H and O–H groups in total. The number of hydrogen-bond donors (Lipinski definition) is 1. The summed E-state index contributed by atoms with van der Waals surface area (Å²) in [6, 6.07) is 3.00. The molecule has 116 valence electrons. The molecule has 0 amide bonds. The molecule has 1 aromatic rings. The minimum Gasteiger partial charge on any atom is -0.493 e. The molecule has 1 saturated heterocycles. The summed E-state index contributed by atoms with van der Waals surface area (Å²) in [6.45, 7) is 2.90. The fraction of sp³-hybridized carbons (Fsp3) is 0.571. The third-order valence-corrected chi connectivity index (χ3v) is 3.86. The van der Waals surface area contributed by atoms with Crippen LogP contribution in [0.4, 0.5) is 11.4 Å². The van der Waals surface area contributed by atoms with Crippen molar-refractivity contribution in [2.45, 2.75) is 25.4 Å². The lowest BCUT2D eigenvalue weighted by atomic mass is 9.93. The van der Waals surface area contributed by atoms with Gasteiger partial charge in [0.1, 0.15) is 5.69 Å². The van der Waals surface area contributed by atoms with E-state index in [9.17, 15) is 15.2 Å². The van der Waals surface area contributed by atoms with Crippen molar-refractivity contribution in [2.24, 2.45) is 0 Å². The quantitative estimate of drug-likeness (QED) is 0.675. The number of ether oxygens (including phenoxy) is 2. The van der Waals surface area contributed by atoms with Crippen molar-refractivity contribution >= 4 is 11.4 Å². The molecule has 1 aromatic carbocycles. The minimum absolute atomic E-state index is 0.0193. The van der Waals surface area contributed by atoms with Gasteiger partial charge in [-0.15, -0.1) is 0 Å². The Morgan fingerprint density at radius 1 is 1.24 bits per heavy atom. The molecule has 0 radical (unpaired) electrons. The Bertz CT molecular complexity index is 534. The Labute approximate surface area is 123 Å². The van der Waals surface area contributed by atoms with E-state index in [4.69, 9.17) is 9.47 Å². The van der Waals surface area contributed by atoms with Crippen molar-refractivity contribution in [2.75, 3.05) is 32.2 Å². The van der Waals surface area contributed by atoms with Crippen LogP contribution in [0.3, 0.4) is 0 Å². The molecule has 2 rings (SSSR count). The predicted molar refractivity (Wildman–Crippen MR) is 78.3 cm³/mol. The van der Waals surface area contributed by atoms with Crippen LogP contribution in [0.1, 0.15) is 19.8 Å². The van der Waals surface area contributed by atoms with Gasteiger partial charge in [0.05, 0.1) is 30.8 Å². The third-order valence-electron chi connectivity index (χ3n) is 3.86. The summed E-state index contributed by atoms with van der Waals surface area (Å²) in [6.07, 6.45) is 1.14. The maximum atomic E-state index is 11.3. The van der Waals surface area contributed by atoms with Crippen molar-refractivity contribution in [3.05, 3.63) is 22.2 Å². The SMILES string of the molecule is COc1cc(N2CCC(C)(O)CC2)c([N+](=O)[O-])cc1OC. The molecular formula is C14H20N2O5. The highest BCUT2D eigenvalue weighted by atomic mass is 16.6. The zero-order chi connectivity index (χ0) is 15.6. The smallest absolute Gasteiger partial charge is 0.296 e. The molecule has 21 heavy (non-hydrogen) atoms. The Balaban J connectivity index is 2.40. The molecular weight excluding hydrogens is 276 g/mol. The number of nitro benzene ring substituents is 1. The molecule has 0 saturated carbocycles. The molecule has 7 heteroatoms. The van der Waals surface area contributed by atoms with Crippen LogP contribution in [0, 0.1) is 10.1 Å².